The van der Waals surface area contributed by atoms with E-state index >= 15 is 0 Å². The van der Waals surface area contributed by atoms with Crippen molar-refractivity contribution in [3.63, 3.8) is 0 Å². The molecule has 2 heterocycles. The average Bonchev–Trinajstić information content (AvgIpc) is 3.26. The fourth-order valence-corrected chi connectivity index (χ4v) is 3.62. The summed E-state index contributed by atoms with van der Waals surface area (Å²) < 4.78 is 21.2. The van der Waals surface area contributed by atoms with Crippen LogP contribution in [-0.2, 0) is 11.8 Å². The van der Waals surface area contributed by atoms with Gasteiger partial charge in [0.05, 0.1) is 29.6 Å². The van der Waals surface area contributed by atoms with E-state index in [1.165, 1.54) is 13.3 Å². The summed E-state index contributed by atoms with van der Waals surface area (Å²) in [6, 6.07) is 9.68. The Balaban J connectivity index is 0.000000810. The van der Waals surface area contributed by atoms with E-state index in [0.29, 0.717) is 24.6 Å². The molecule has 0 atom stereocenters. The van der Waals surface area contributed by atoms with Gasteiger partial charge in [-0.3, -0.25) is 14.9 Å². The van der Waals surface area contributed by atoms with E-state index < -0.39 is 16.4 Å². The van der Waals surface area contributed by atoms with Crippen molar-refractivity contribution in [2.75, 3.05) is 17.7 Å². The van der Waals surface area contributed by atoms with Gasteiger partial charge >= 0.3 is 82.7 Å². The first kappa shape index (κ1) is 33.6. The van der Waals surface area contributed by atoms with Gasteiger partial charge in [-0.1, -0.05) is 32.0 Å². The quantitative estimate of drug-likeness (QED) is 0.134. The monoisotopic (exact) mass is 1110 g/mol. The van der Waals surface area contributed by atoms with Crippen molar-refractivity contribution in [2.24, 2.45) is 13.0 Å². The van der Waals surface area contributed by atoms with Crippen LogP contribution in [0.3, 0.4) is 0 Å². The number of nitro benzene ring substituents is 1. The molecule has 0 radical (unpaired) electrons. The number of amides is 1. The Morgan fingerprint density at radius 3 is 2.52 bits per heavy atom. The van der Waals surface area contributed by atoms with E-state index in [4.69, 9.17) is 4.74 Å². The van der Waals surface area contributed by atoms with Gasteiger partial charge in [-0.15, -0.1) is 0 Å². The Labute approximate surface area is 272 Å². The summed E-state index contributed by atoms with van der Waals surface area (Å²) >= 11 is 8.37. The summed E-state index contributed by atoms with van der Waals surface area (Å²) in [5.41, 5.74) is 1.97. The molecule has 16 heteroatoms. The number of ether oxygens (including phenoxy) is 1. The van der Waals surface area contributed by atoms with E-state index in [0.717, 1.165) is 28.6 Å². The van der Waals surface area contributed by atoms with Crippen LogP contribution >= 0.6 is 63.7 Å². The molecule has 4 rings (SSSR count). The predicted octanol–water partition coefficient (Wildman–Crippen LogP) is 5.58. The molecule has 40 heavy (non-hydrogen) atoms. The number of anilines is 3. The Kier molecular flexibility index (Phi) is 13.1. The van der Waals surface area contributed by atoms with Crippen LogP contribution in [0.4, 0.5) is 27.4 Å². The molecule has 0 saturated heterocycles. The third-order valence-electron chi connectivity index (χ3n) is 5.48. The van der Waals surface area contributed by atoms with Gasteiger partial charge in [-0.05, 0) is 6.07 Å². The molecule has 2 N–H and O–H groups in total. The van der Waals surface area contributed by atoms with Gasteiger partial charge in [-0.25, -0.2) is 9.97 Å². The fraction of sp³-hybridized carbons (Fsp3) is 0.208. The molecular weight excluding hydrogens is 1090 g/mol. The zero-order valence-corrected chi connectivity index (χ0v) is 32.2. The molecule has 2 aromatic carbocycles. The number of benzene rings is 2. The van der Waals surface area contributed by atoms with Crippen molar-refractivity contribution >= 4 is 104 Å². The van der Waals surface area contributed by atoms with E-state index in [-0.39, 0.29) is 37.1 Å². The number of aryl methyl sites for hydroxylation is 1. The standard InChI is InChI=1S/C24H23FN6O4.I5/c1-13(2)23(32)27-18-11-26-24(28-17-10-20(31(33)34)16(25)9-21(17)35-4)29-22(18)15-12-30(3)19-8-6-5-7-14(15)19;1-4-5(2)3/h5-13H,1-4H3,(H,27,32)(H,26,28,29);/q;-1. The van der Waals surface area contributed by atoms with Crippen molar-refractivity contribution in [1.29, 1.82) is 0 Å². The summed E-state index contributed by atoms with van der Waals surface area (Å²) in [5, 5.41) is 17.9. The molecule has 0 unspecified atom stereocenters. The van der Waals surface area contributed by atoms with Crippen molar-refractivity contribution < 1.29 is 32.1 Å². The molecule has 0 fully saturated rings. The molecule has 216 valence electrons. The van der Waals surface area contributed by atoms with Gasteiger partial charge < -0.3 is 19.9 Å². The third-order valence-corrected chi connectivity index (χ3v) is 88.1. The van der Waals surface area contributed by atoms with Crippen molar-refractivity contribution in [1.82, 2.24) is 14.5 Å². The molecule has 0 aliphatic heterocycles. The molecule has 2 aromatic heterocycles. The number of aromatic nitrogens is 3. The van der Waals surface area contributed by atoms with Gasteiger partial charge in [0.1, 0.15) is 11.4 Å². The molecule has 0 aliphatic carbocycles. The SMILES string of the molecule is COc1cc(F)c([N+](=O)[O-])cc1Nc1ncc(NC(=O)C(C)C)c(-c2cn(C)c3ccccc23)n1.I[I-]I(I)I. The van der Waals surface area contributed by atoms with E-state index in [9.17, 15) is 19.3 Å². The number of halogens is 6. The number of hydrogen-bond acceptors (Lipinski definition) is 7. The van der Waals surface area contributed by atoms with Crippen molar-refractivity contribution in [3.05, 3.63) is 64.7 Å². The number of methoxy groups -OCH3 is 1. The number of nitrogens with one attached hydrogen (secondary N) is 2. The van der Waals surface area contributed by atoms with Gasteiger partial charge in [0.15, 0.2) is 0 Å². The summed E-state index contributed by atoms with van der Waals surface area (Å²) in [7, 11) is 2.98. The predicted molar refractivity (Wildman–Crippen MR) is 186 cm³/mol. The molecule has 1 amide bonds. The van der Waals surface area contributed by atoms with Gasteiger partial charge in [0.2, 0.25) is 17.7 Å². The molecule has 0 spiro atoms. The Bertz CT molecular complexity index is 1540. The second-order valence-electron chi connectivity index (χ2n) is 8.37. The summed E-state index contributed by atoms with van der Waals surface area (Å²) in [6.07, 6.45) is 3.35. The minimum atomic E-state index is -1.03. The second kappa shape index (κ2) is 15.5. The molecule has 0 aliphatic rings. The van der Waals surface area contributed by atoms with Gasteiger partial charge in [-0.2, -0.15) is 4.39 Å². The van der Waals surface area contributed by atoms with Crippen LogP contribution in [0.1, 0.15) is 13.8 Å². The number of carbonyl (C=O) groups is 1. The zero-order chi connectivity index (χ0) is 29.6. The number of carbonyl (C=O) groups excluding carboxylic acids is 1. The van der Waals surface area contributed by atoms with Crippen LogP contribution in [0.25, 0.3) is 22.2 Å². The maximum atomic E-state index is 14.1. The molecule has 10 nitrogen and oxygen atoms in total. The topological polar surface area (TPSA) is 124 Å². The first-order chi connectivity index (χ1) is 19.0. The Morgan fingerprint density at radius 2 is 1.93 bits per heavy atom. The number of nitrogens with zero attached hydrogens (tertiary/aromatic N) is 4. The van der Waals surface area contributed by atoms with E-state index in [1.807, 2.05) is 42.1 Å². The van der Waals surface area contributed by atoms with Crippen LogP contribution in [0, 0.1) is 21.8 Å². The van der Waals surface area contributed by atoms with Crippen LogP contribution < -0.4 is 28.6 Å². The second-order valence-corrected chi connectivity index (χ2v) is 73.4. The number of nitro groups is 1. The van der Waals surface area contributed by atoms with E-state index in [1.54, 1.807) is 13.8 Å². The Morgan fingerprint density at radius 1 is 1.25 bits per heavy atom. The third kappa shape index (κ3) is 8.58. The number of rotatable bonds is 8. The van der Waals surface area contributed by atoms with Crippen LogP contribution in [0.2, 0.25) is 0 Å². The summed E-state index contributed by atoms with van der Waals surface area (Å²) in [4.78, 5) is 31.7. The van der Waals surface area contributed by atoms with Gasteiger partial charge in [0.25, 0.3) is 0 Å². The minimum absolute atomic E-state index is 0.0422. The first-order valence-corrected chi connectivity index (χ1v) is 36.4. The molecule has 0 saturated carbocycles. The summed E-state index contributed by atoms with van der Waals surface area (Å²) in [6.45, 7) is 3.55. The first-order valence-electron chi connectivity index (χ1n) is 11.3. The van der Waals surface area contributed by atoms with Crippen LogP contribution in [0.5, 0.6) is 5.75 Å². The number of hydrogen-bond donors (Lipinski definition) is 2. The van der Waals surface area contributed by atoms with Crippen molar-refractivity contribution in [2.45, 2.75) is 13.8 Å². The normalized spacial score (nSPS) is 11.2. The molecule has 0 bridgehead atoms. The number of para-hydroxylation sites is 1. The summed E-state index contributed by atoms with van der Waals surface area (Å²) in [5.74, 6) is -1.37. The molecular formula is C24H23FI5N6O4-. The number of fused-ring (bicyclic) bond motifs is 1. The van der Waals surface area contributed by atoms with Crippen LogP contribution in [-0.4, -0.2) is 32.5 Å². The van der Waals surface area contributed by atoms with Crippen LogP contribution in [0.15, 0.2) is 48.8 Å². The van der Waals surface area contributed by atoms with Gasteiger partial charge in [0, 0.05) is 47.8 Å². The van der Waals surface area contributed by atoms with E-state index in [2.05, 4.69) is 76.4 Å². The Hall–Kier alpha value is -0.890. The zero-order valence-electron chi connectivity index (χ0n) is 21.4. The average molecular weight is 1110 g/mol. The fourth-order valence-electron chi connectivity index (χ4n) is 3.62. The maximum absolute atomic E-state index is 14.1. The molecule has 4 aromatic rings. The van der Waals surface area contributed by atoms with Crippen molar-refractivity contribution in [3.8, 4) is 17.0 Å².